The molecule has 0 fully saturated rings. The van der Waals surface area contributed by atoms with Gasteiger partial charge in [-0.25, -0.2) is 8.42 Å². The van der Waals surface area contributed by atoms with Crippen molar-refractivity contribution in [2.45, 2.75) is 31.1 Å². The molecule has 0 spiro atoms. The van der Waals surface area contributed by atoms with Crippen LogP contribution in [0.4, 0.5) is 0 Å². The normalized spacial score (nSPS) is 16.6. The van der Waals surface area contributed by atoms with E-state index in [1.807, 2.05) is 0 Å². The second-order valence-electron chi connectivity index (χ2n) is 5.57. The third-order valence-electron chi connectivity index (χ3n) is 3.51. The lowest BCUT2D eigenvalue weighted by atomic mass is 10.0. The minimum absolute atomic E-state index is 0.149. The highest BCUT2D eigenvalue weighted by atomic mass is 32.2. The molecule has 7 heteroatoms. The van der Waals surface area contributed by atoms with Crippen molar-refractivity contribution in [1.29, 1.82) is 0 Å². The number of nitrogens with two attached hydrogens (primary N) is 1. The van der Waals surface area contributed by atoms with Gasteiger partial charge in [-0.15, -0.1) is 0 Å². The van der Waals surface area contributed by atoms with E-state index >= 15 is 0 Å². The van der Waals surface area contributed by atoms with E-state index in [0.717, 1.165) is 6.42 Å². The Morgan fingerprint density at radius 3 is 2.61 bits per heavy atom. The summed E-state index contributed by atoms with van der Waals surface area (Å²) in [6.45, 7) is 0. The van der Waals surface area contributed by atoms with Crippen molar-refractivity contribution in [2.24, 2.45) is 5.73 Å². The number of amides is 1. The summed E-state index contributed by atoms with van der Waals surface area (Å²) in [6, 6.07) is 7.49. The molecule has 1 atom stereocenters. The van der Waals surface area contributed by atoms with E-state index in [1.165, 1.54) is 0 Å². The van der Waals surface area contributed by atoms with Gasteiger partial charge in [0.1, 0.15) is 0 Å². The molecular formula is C16H20N2O4S. The minimum atomic E-state index is -3.52. The maximum Gasteiger partial charge on any atom is 0.242 e. The Bertz CT molecular complexity index is 711. The Kier molecular flexibility index (Phi) is 5.68. The van der Waals surface area contributed by atoms with Gasteiger partial charge in [0, 0.05) is 6.42 Å². The molecule has 0 saturated carbocycles. The zero-order chi connectivity index (χ0) is 16.9. The zero-order valence-electron chi connectivity index (χ0n) is 12.7. The van der Waals surface area contributed by atoms with Crippen LogP contribution in [-0.2, 0) is 25.2 Å². The summed E-state index contributed by atoms with van der Waals surface area (Å²) in [5.74, 6) is -1.43. The van der Waals surface area contributed by atoms with Gasteiger partial charge in [-0.05, 0) is 18.4 Å². The maximum absolute atomic E-state index is 12.1. The van der Waals surface area contributed by atoms with Crippen molar-refractivity contribution in [1.82, 2.24) is 5.32 Å². The summed E-state index contributed by atoms with van der Waals surface area (Å²) >= 11 is 0. The molecule has 2 rings (SSSR count). The first kappa shape index (κ1) is 17.4. The zero-order valence-corrected chi connectivity index (χ0v) is 13.5. The van der Waals surface area contributed by atoms with Crippen molar-refractivity contribution in [3.63, 3.8) is 0 Å². The molecule has 0 unspecified atom stereocenters. The predicted molar refractivity (Wildman–Crippen MR) is 87.0 cm³/mol. The van der Waals surface area contributed by atoms with Gasteiger partial charge in [-0.2, -0.15) is 0 Å². The molecule has 0 saturated heterocycles. The summed E-state index contributed by atoms with van der Waals surface area (Å²) in [5, 5.41) is 2.44. The average molecular weight is 336 g/mol. The van der Waals surface area contributed by atoms with Crippen LogP contribution < -0.4 is 11.1 Å². The molecule has 0 bridgehead atoms. The molecule has 1 aliphatic carbocycles. The van der Waals surface area contributed by atoms with Crippen LogP contribution in [0, 0.1) is 0 Å². The van der Waals surface area contributed by atoms with Crippen LogP contribution in [0.25, 0.3) is 0 Å². The third kappa shape index (κ3) is 5.30. The molecule has 0 radical (unpaired) electrons. The van der Waals surface area contributed by atoms with E-state index in [1.54, 1.807) is 36.4 Å². The number of hydrogen-bond acceptors (Lipinski definition) is 5. The lowest BCUT2D eigenvalue weighted by molar-refractivity contribution is -0.123. The van der Waals surface area contributed by atoms with Crippen LogP contribution >= 0.6 is 0 Å². The number of carbonyl (C=O) groups excluding carboxylic acids is 2. The molecule has 23 heavy (non-hydrogen) atoms. The van der Waals surface area contributed by atoms with E-state index in [9.17, 15) is 18.0 Å². The van der Waals surface area contributed by atoms with Gasteiger partial charge >= 0.3 is 0 Å². The van der Waals surface area contributed by atoms with Gasteiger partial charge < -0.3 is 11.1 Å². The molecule has 6 nitrogen and oxygen atoms in total. The highest BCUT2D eigenvalue weighted by Crippen LogP contribution is 2.12. The van der Waals surface area contributed by atoms with E-state index < -0.39 is 27.5 Å². The smallest absolute Gasteiger partial charge is 0.242 e. The van der Waals surface area contributed by atoms with Crippen molar-refractivity contribution < 1.29 is 18.0 Å². The first-order chi connectivity index (χ1) is 10.9. The Labute approximate surface area is 135 Å². The Hall–Kier alpha value is -1.99. The first-order valence-electron chi connectivity index (χ1n) is 7.41. The summed E-state index contributed by atoms with van der Waals surface area (Å²) in [7, 11) is -3.52. The Morgan fingerprint density at radius 2 is 1.96 bits per heavy atom. The summed E-state index contributed by atoms with van der Waals surface area (Å²) in [6.07, 6.45) is 3.50. The van der Waals surface area contributed by atoms with Crippen molar-refractivity contribution in [2.75, 3.05) is 5.75 Å². The number of sulfone groups is 1. The summed E-state index contributed by atoms with van der Waals surface area (Å²) in [5.41, 5.74) is 6.55. The predicted octanol–water partition coefficient (Wildman–Crippen LogP) is 0.682. The van der Waals surface area contributed by atoms with Crippen LogP contribution in [0.15, 0.2) is 42.1 Å². The van der Waals surface area contributed by atoms with Crippen molar-refractivity contribution in [3.8, 4) is 0 Å². The van der Waals surface area contributed by atoms with E-state index in [4.69, 9.17) is 5.73 Å². The molecule has 3 N–H and O–H groups in total. The van der Waals surface area contributed by atoms with Gasteiger partial charge in [0.05, 0.1) is 23.2 Å². The number of benzene rings is 1. The van der Waals surface area contributed by atoms with E-state index in [0.29, 0.717) is 18.4 Å². The fourth-order valence-electron chi connectivity index (χ4n) is 2.34. The quantitative estimate of drug-likeness (QED) is 0.794. The second kappa shape index (κ2) is 7.52. The molecule has 1 aromatic rings. The van der Waals surface area contributed by atoms with Crippen LogP contribution in [0.1, 0.15) is 24.8 Å². The van der Waals surface area contributed by atoms with Gasteiger partial charge in [-0.3, -0.25) is 9.59 Å². The molecule has 1 aliphatic rings. The Balaban J connectivity index is 1.94. The number of Topliss-reactive ketones (excluding diaryl/α,β-unsaturated/α-hetero) is 1. The van der Waals surface area contributed by atoms with Gasteiger partial charge in [0.2, 0.25) is 5.91 Å². The van der Waals surface area contributed by atoms with Crippen LogP contribution in [0.3, 0.4) is 0 Å². The molecule has 124 valence electrons. The maximum atomic E-state index is 12.1. The average Bonchev–Trinajstić information content (AvgIpc) is 2.49. The van der Waals surface area contributed by atoms with Crippen molar-refractivity contribution in [3.05, 3.63) is 47.7 Å². The number of allylic oxidation sites excluding steroid dienone is 2. The lowest BCUT2D eigenvalue weighted by Gasteiger charge is -2.16. The number of carbonyl (C=O) groups is 2. The van der Waals surface area contributed by atoms with Crippen molar-refractivity contribution >= 4 is 21.5 Å². The first-order valence-corrected chi connectivity index (χ1v) is 9.24. The standard InChI is InChI=1S/C16H20N2O4S/c17-13(16(20)18-14-8-4-5-9-15(14)19)11-23(21,22)10-12-6-2-1-3-7-12/h1-3,6-8,13H,4-5,9-11,17H2,(H,18,20)/t13-/m0/s1. The molecule has 1 aromatic carbocycles. The number of nitrogens with one attached hydrogen (secondary N) is 1. The number of rotatable bonds is 6. The Morgan fingerprint density at radius 1 is 1.26 bits per heavy atom. The van der Waals surface area contributed by atoms with Gasteiger partial charge in [0.25, 0.3) is 0 Å². The number of hydrogen-bond donors (Lipinski definition) is 2. The van der Waals surface area contributed by atoms with Gasteiger partial charge in [-0.1, -0.05) is 36.4 Å². The number of ketones is 1. The van der Waals surface area contributed by atoms with Crippen LogP contribution in [0.5, 0.6) is 0 Å². The van der Waals surface area contributed by atoms with E-state index in [2.05, 4.69) is 5.32 Å². The summed E-state index contributed by atoms with van der Waals surface area (Å²) < 4.78 is 24.3. The fraction of sp³-hybridized carbons (Fsp3) is 0.375. The lowest BCUT2D eigenvalue weighted by Crippen LogP contribution is -2.46. The molecule has 0 aliphatic heterocycles. The largest absolute Gasteiger partial charge is 0.322 e. The van der Waals surface area contributed by atoms with Crippen LogP contribution in [0.2, 0.25) is 0 Å². The molecule has 0 aromatic heterocycles. The SMILES string of the molecule is N[C@@H](CS(=O)(=O)Cc1ccccc1)C(=O)NC1=CCCCC1=O. The topological polar surface area (TPSA) is 106 Å². The summed E-state index contributed by atoms with van der Waals surface area (Å²) in [4.78, 5) is 23.6. The highest BCUT2D eigenvalue weighted by molar-refractivity contribution is 7.90. The van der Waals surface area contributed by atoms with Gasteiger partial charge in [0.15, 0.2) is 15.6 Å². The molecule has 0 heterocycles. The fourth-order valence-corrected chi connectivity index (χ4v) is 3.86. The molecule has 1 amide bonds. The highest BCUT2D eigenvalue weighted by Gasteiger charge is 2.24. The molecular weight excluding hydrogens is 316 g/mol. The second-order valence-corrected chi connectivity index (χ2v) is 7.68. The monoisotopic (exact) mass is 336 g/mol. The van der Waals surface area contributed by atoms with Crippen LogP contribution in [-0.4, -0.2) is 31.9 Å². The minimum Gasteiger partial charge on any atom is -0.322 e. The third-order valence-corrected chi connectivity index (χ3v) is 5.15. The van der Waals surface area contributed by atoms with E-state index in [-0.39, 0.29) is 17.2 Å².